The molecule has 0 saturated carbocycles. The lowest BCUT2D eigenvalue weighted by Gasteiger charge is -2.40. The average Bonchev–Trinajstić information content (AvgIpc) is 2.26. The maximum absolute atomic E-state index is 10.6. The predicted molar refractivity (Wildman–Crippen MR) is 59.0 cm³/mol. The lowest BCUT2D eigenvalue weighted by atomic mass is 10.0. The molecule has 0 unspecified atom stereocenters. The number of hydrogen-bond donors (Lipinski definition) is 3. The zero-order valence-corrected chi connectivity index (χ0v) is 10.9. The van der Waals surface area contributed by atoms with Gasteiger partial charge in [-0.2, -0.15) is 8.42 Å². The van der Waals surface area contributed by atoms with Crippen LogP contribution in [0.15, 0.2) is 0 Å². The predicted octanol–water partition coefficient (Wildman–Crippen LogP) is -0.932. The number of ether oxygens (including phenoxy) is 2. The van der Waals surface area contributed by atoms with Gasteiger partial charge in [0.1, 0.15) is 18.3 Å². The molecule has 8 nitrogen and oxygen atoms in total. The molecule has 1 aliphatic rings. The number of aliphatic hydroxyl groups is 2. The third-order valence-corrected chi connectivity index (χ3v) is 2.96. The van der Waals surface area contributed by atoms with E-state index < -0.39 is 41.1 Å². The number of rotatable bonds is 5. The van der Waals surface area contributed by atoms with Crippen LogP contribution >= 0.6 is 0 Å². The van der Waals surface area contributed by atoms with E-state index >= 15 is 0 Å². The van der Waals surface area contributed by atoms with E-state index in [0.717, 1.165) is 0 Å². The fourth-order valence-corrected chi connectivity index (χ4v) is 2.20. The summed E-state index contributed by atoms with van der Waals surface area (Å²) in [6.45, 7) is 3.62. The van der Waals surface area contributed by atoms with Gasteiger partial charge in [0.2, 0.25) is 0 Å². The van der Waals surface area contributed by atoms with Crippen LogP contribution in [0.25, 0.3) is 0 Å². The first-order valence-corrected chi connectivity index (χ1v) is 6.91. The van der Waals surface area contributed by atoms with Crippen molar-refractivity contribution in [3.8, 4) is 0 Å². The van der Waals surface area contributed by atoms with Gasteiger partial charge in [-0.3, -0.25) is 4.55 Å². The second kappa shape index (κ2) is 6.24. The second-order valence-corrected chi connectivity index (χ2v) is 5.10. The monoisotopic (exact) mass is 286 g/mol. The largest absolute Gasteiger partial charge is 0.397 e. The molecule has 0 bridgehead atoms. The Labute approximate surface area is 105 Å². The zero-order chi connectivity index (χ0) is 13.9. The molecule has 0 radical (unpaired) electrons. The Morgan fingerprint density at radius 1 is 1.28 bits per heavy atom. The fraction of sp³-hybridized carbons (Fsp3) is 1.00. The van der Waals surface area contributed by atoms with Gasteiger partial charge in [-0.25, -0.2) is 4.18 Å². The van der Waals surface area contributed by atoms with Crippen molar-refractivity contribution in [2.75, 3.05) is 6.61 Å². The van der Waals surface area contributed by atoms with Crippen LogP contribution in [0, 0.1) is 0 Å². The normalized spacial score (nSPS) is 37.7. The Hall–Kier alpha value is -0.290. The molecule has 0 aliphatic carbocycles. The summed E-state index contributed by atoms with van der Waals surface area (Å²) in [7, 11) is -4.74. The summed E-state index contributed by atoms with van der Waals surface area (Å²) in [5.74, 6) is 0. The van der Waals surface area contributed by atoms with Crippen LogP contribution in [0.5, 0.6) is 0 Å². The Bertz CT molecular complexity index is 356. The fourth-order valence-electron chi connectivity index (χ4n) is 1.65. The van der Waals surface area contributed by atoms with Gasteiger partial charge in [0.05, 0.1) is 6.10 Å². The minimum atomic E-state index is -4.74. The first-order chi connectivity index (χ1) is 8.26. The van der Waals surface area contributed by atoms with Crippen molar-refractivity contribution in [3.05, 3.63) is 0 Å². The molecular weight excluding hydrogens is 268 g/mol. The first-order valence-electron chi connectivity index (χ1n) is 5.55. The van der Waals surface area contributed by atoms with Gasteiger partial charge >= 0.3 is 10.4 Å². The quantitative estimate of drug-likeness (QED) is 0.554. The maximum Gasteiger partial charge on any atom is 0.397 e. The highest BCUT2D eigenvalue weighted by Crippen LogP contribution is 2.25. The summed E-state index contributed by atoms with van der Waals surface area (Å²) in [4.78, 5) is 0. The summed E-state index contributed by atoms with van der Waals surface area (Å²) in [6.07, 6.45) is -5.63. The summed E-state index contributed by atoms with van der Waals surface area (Å²) in [5, 5.41) is 19.4. The third-order valence-electron chi connectivity index (χ3n) is 2.50. The lowest BCUT2D eigenvalue weighted by molar-refractivity contribution is -0.289. The zero-order valence-electron chi connectivity index (χ0n) is 10.1. The molecule has 0 spiro atoms. The van der Waals surface area contributed by atoms with E-state index in [1.165, 1.54) is 6.92 Å². The molecule has 1 rings (SSSR count). The molecule has 1 aliphatic heterocycles. The van der Waals surface area contributed by atoms with Crippen molar-refractivity contribution >= 4 is 10.4 Å². The molecule has 9 heteroatoms. The summed E-state index contributed by atoms with van der Waals surface area (Å²) < 4.78 is 44.4. The molecule has 108 valence electrons. The third kappa shape index (κ3) is 4.12. The molecule has 1 fully saturated rings. The molecule has 1 saturated heterocycles. The minimum Gasteiger partial charge on any atom is -0.387 e. The van der Waals surface area contributed by atoms with Gasteiger partial charge in [-0.1, -0.05) is 6.92 Å². The second-order valence-electron chi connectivity index (χ2n) is 4.05. The lowest BCUT2D eigenvalue weighted by Crippen LogP contribution is -2.58. The van der Waals surface area contributed by atoms with Gasteiger partial charge in [0.15, 0.2) is 6.29 Å². The van der Waals surface area contributed by atoms with E-state index in [1.807, 2.05) is 6.92 Å². The Kier molecular flexibility index (Phi) is 5.46. The van der Waals surface area contributed by atoms with Crippen LogP contribution in [-0.4, -0.2) is 60.5 Å². The van der Waals surface area contributed by atoms with Crippen molar-refractivity contribution in [3.63, 3.8) is 0 Å². The molecule has 5 atom stereocenters. The van der Waals surface area contributed by atoms with Gasteiger partial charge in [-0.15, -0.1) is 0 Å². The van der Waals surface area contributed by atoms with Crippen molar-refractivity contribution in [2.24, 2.45) is 0 Å². The molecule has 0 aromatic heterocycles. The van der Waals surface area contributed by atoms with Crippen molar-refractivity contribution < 1.29 is 36.8 Å². The van der Waals surface area contributed by atoms with E-state index in [0.29, 0.717) is 13.0 Å². The van der Waals surface area contributed by atoms with Crippen LogP contribution < -0.4 is 0 Å². The van der Waals surface area contributed by atoms with E-state index in [9.17, 15) is 18.6 Å². The van der Waals surface area contributed by atoms with Crippen LogP contribution in [0.2, 0.25) is 0 Å². The first kappa shape index (κ1) is 15.8. The molecule has 0 aromatic carbocycles. The van der Waals surface area contributed by atoms with E-state index in [-0.39, 0.29) is 0 Å². The molecule has 3 N–H and O–H groups in total. The average molecular weight is 286 g/mol. The Balaban J connectivity index is 2.71. The van der Waals surface area contributed by atoms with E-state index in [4.69, 9.17) is 14.0 Å². The van der Waals surface area contributed by atoms with Crippen molar-refractivity contribution in [2.45, 2.75) is 51.0 Å². The van der Waals surface area contributed by atoms with Crippen LogP contribution in [0.4, 0.5) is 0 Å². The smallest absolute Gasteiger partial charge is 0.387 e. The standard InChI is InChI=1S/C9H18O8S/c1-3-4-15-9-7(11)6(10)8(5(2)16-9)17-18(12,13)14/h5-11H,3-4H2,1-2H3,(H,12,13,14)/t5-,6-,7-,8+,9+/m0/s1. The van der Waals surface area contributed by atoms with E-state index in [2.05, 4.69) is 4.18 Å². The summed E-state index contributed by atoms with van der Waals surface area (Å²) >= 11 is 0. The highest BCUT2D eigenvalue weighted by molar-refractivity contribution is 7.80. The van der Waals surface area contributed by atoms with Gasteiger partial charge in [0.25, 0.3) is 0 Å². The Morgan fingerprint density at radius 2 is 1.89 bits per heavy atom. The molecule has 18 heavy (non-hydrogen) atoms. The van der Waals surface area contributed by atoms with Gasteiger partial charge in [-0.05, 0) is 13.3 Å². The highest BCUT2D eigenvalue weighted by Gasteiger charge is 2.45. The topological polar surface area (TPSA) is 123 Å². The van der Waals surface area contributed by atoms with Gasteiger partial charge < -0.3 is 19.7 Å². The van der Waals surface area contributed by atoms with Crippen LogP contribution in [0.1, 0.15) is 20.3 Å². The van der Waals surface area contributed by atoms with Crippen LogP contribution in [0.3, 0.4) is 0 Å². The van der Waals surface area contributed by atoms with Crippen molar-refractivity contribution in [1.29, 1.82) is 0 Å². The number of hydrogen-bond acceptors (Lipinski definition) is 7. The SMILES string of the molecule is CCCO[C@@H]1O[C@@H](C)[C@@H](OS(=O)(=O)O)[C@@H](O)[C@@H]1O. The summed E-state index contributed by atoms with van der Waals surface area (Å²) in [5.41, 5.74) is 0. The minimum absolute atomic E-state index is 0.324. The molecule has 1 heterocycles. The van der Waals surface area contributed by atoms with Gasteiger partial charge in [0, 0.05) is 6.61 Å². The molecule has 0 amide bonds. The van der Waals surface area contributed by atoms with Crippen molar-refractivity contribution in [1.82, 2.24) is 0 Å². The highest BCUT2D eigenvalue weighted by atomic mass is 32.3. The Morgan fingerprint density at radius 3 is 2.39 bits per heavy atom. The van der Waals surface area contributed by atoms with E-state index in [1.54, 1.807) is 0 Å². The molecule has 0 aromatic rings. The number of aliphatic hydroxyl groups excluding tert-OH is 2. The molecular formula is C9H18O8S. The summed E-state index contributed by atoms with van der Waals surface area (Å²) in [6, 6.07) is 0. The van der Waals surface area contributed by atoms with Crippen LogP contribution in [-0.2, 0) is 24.1 Å². The maximum atomic E-state index is 10.6.